The van der Waals surface area contributed by atoms with Gasteiger partial charge in [0.05, 0.1) is 12.2 Å². The minimum atomic E-state index is -0.287. The predicted molar refractivity (Wildman–Crippen MR) is 85.6 cm³/mol. The highest BCUT2D eigenvalue weighted by Gasteiger charge is 2.10. The molecule has 0 saturated heterocycles. The Balaban J connectivity index is 2.15. The summed E-state index contributed by atoms with van der Waals surface area (Å²) in [6.07, 6.45) is 0. The fraction of sp³-hybridized carbons (Fsp3) is 0.278. The number of carbonyl (C=O) groups is 1. The van der Waals surface area contributed by atoms with Gasteiger partial charge in [-0.25, -0.2) is 4.79 Å². The van der Waals surface area contributed by atoms with Crippen LogP contribution in [0.1, 0.15) is 41.4 Å². The van der Waals surface area contributed by atoms with Crippen LogP contribution in [0, 0.1) is 6.92 Å². The predicted octanol–water partition coefficient (Wildman–Crippen LogP) is 4.34. The topological polar surface area (TPSA) is 38.3 Å². The Morgan fingerprint density at radius 3 is 2.67 bits per heavy atom. The van der Waals surface area contributed by atoms with Crippen molar-refractivity contribution in [3.05, 3.63) is 65.2 Å². The summed E-state index contributed by atoms with van der Waals surface area (Å²) in [4.78, 5) is 11.8. The molecule has 21 heavy (non-hydrogen) atoms. The molecule has 0 heterocycles. The summed E-state index contributed by atoms with van der Waals surface area (Å²) in [5.74, 6) is -0.287. The largest absolute Gasteiger partial charge is 0.462 e. The summed E-state index contributed by atoms with van der Waals surface area (Å²) < 4.78 is 5.02. The van der Waals surface area contributed by atoms with E-state index in [-0.39, 0.29) is 12.0 Å². The highest BCUT2D eigenvalue weighted by atomic mass is 16.5. The molecule has 1 unspecified atom stereocenters. The van der Waals surface area contributed by atoms with E-state index in [1.165, 1.54) is 11.1 Å². The van der Waals surface area contributed by atoms with E-state index in [2.05, 4.69) is 31.3 Å². The van der Waals surface area contributed by atoms with Gasteiger partial charge in [-0.1, -0.05) is 30.3 Å². The minimum Gasteiger partial charge on any atom is -0.462 e. The minimum absolute atomic E-state index is 0.170. The van der Waals surface area contributed by atoms with Gasteiger partial charge in [0.15, 0.2) is 0 Å². The maximum absolute atomic E-state index is 11.8. The van der Waals surface area contributed by atoms with E-state index in [4.69, 9.17) is 4.74 Å². The van der Waals surface area contributed by atoms with Gasteiger partial charge in [0, 0.05) is 11.7 Å². The van der Waals surface area contributed by atoms with Gasteiger partial charge in [0.1, 0.15) is 0 Å². The Labute approximate surface area is 126 Å². The van der Waals surface area contributed by atoms with Crippen LogP contribution in [0.15, 0.2) is 48.5 Å². The molecular weight excluding hydrogens is 262 g/mol. The number of ether oxygens (including phenoxy) is 1. The Hall–Kier alpha value is -2.29. The lowest BCUT2D eigenvalue weighted by atomic mass is 10.0. The zero-order valence-corrected chi connectivity index (χ0v) is 12.7. The lowest BCUT2D eigenvalue weighted by Gasteiger charge is -2.18. The molecule has 0 spiro atoms. The molecule has 0 radical (unpaired) electrons. The van der Waals surface area contributed by atoms with E-state index in [1.807, 2.05) is 30.3 Å². The van der Waals surface area contributed by atoms with Gasteiger partial charge >= 0.3 is 5.97 Å². The molecule has 1 N–H and O–H groups in total. The standard InChI is InChI=1S/C18H21NO2/c1-4-21-18(20)15-9-7-10-16(12-15)19-14(3)17-11-6-5-8-13(17)2/h5-12,14,19H,4H2,1-3H3. The van der Waals surface area contributed by atoms with Crippen molar-refractivity contribution in [2.24, 2.45) is 0 Å². The average molecular weight is 283 g/mol. The fourth-order valence-corrected chi connectivity index (χ4v) is 2.35. The summed E-state index contributed by atoms with van der Waals surface area (Å²) in [6, 6.07) is 15.9. The van der Waals surface area contributed by atoms with Crippen LogP contribution in [0.3, 0.4) is 0 Å². The van der Waals surface area contributed by atoms with Crippen molar-refractivity contribution in [2.45, 2.75) is 26.8 Å². The summed E-state index contributed by atoms with van der Waals surface area (Å²) >= 11 is 0. The molecule has 0 aliphatic rings. The number of anilines is 1. The summed E-state index contributed by atoms with van der Waals surface area (Å²) in [5, 5.41) is 3.43. The van der Waals surface area contributed by atoms with E-state index < -0.39 is 0 Å². The van der Waals surface area contributed by atoms with E-state index in [9.17, 15) is 4.79 Å². The fourth-order valence-electron chi connectivity index (χ4n) is 2.35. The Bertz CT molecular complexity index is 622. The van der Waals surface area contributed by atoms with Gasteiger partial charge in [-0.15, -0.1) is 0 Å². The second-order valence-corrected chi connectivity index (χ2v) is 5.02. The molecule has 110 valence electrons. The molecule has 2 aromatic carbocycles. The van der Waals surface area contributed by atoms with Crippen molar-refractivity contribution in [3.63, 3.8) is 0 Å². The summed E-state index contributed by atoms with van der Waals surface area (Å²) in [7, 11) is 0. The molecule has 0 aliphatic carbocycles. The van der Waals surface area contributed by atoms with Crippen molar-refractivity contribution in [2.75, 3.05) is 11.9 Å². The van der Waals surface area contributed by atoms with E-state index >= 15 is 0 Å². The first-order chi connectivity index (χ1) is 10.1. The number of benzene rings is 2. The van der Waals surface area contributed by atoms with Crippen LogP contribution in [-0.4, -0.2) is 12.6 Å². The number of nitrogens with one attached hydrogen (secondary N) is 1. The SMILES string of the molecule is CCOC(=O)c1cccc(NC(C)c2ccccc2C)c1. The van der Waals surface area contributed by atoms with Gasteiger partial charge < -0.3 is 10.1 Å². The normalized spacial score (nSPS) is 11.8. The lowest BCUT2D eigenvalue weighted by Crippen LogP contribution is -2.09. The third-order valence-electron chi connectivity index (χ3n) is 3.41. The van der Waals surface area contributed by atoms with E-state index in [0.29, 0.717) is 12.2 Å². The summed E-state index contributed by atoms with van der Waals surface area (Å²) in [6.45, 7) is 6.40. The van der Waals surface area contributed by atoms with E-state index in [1.54, 1.807) is 13.0 Å². The molecule has 0 saturated carbocycles. The third kappa shape index (κ3) is 3.85. The van der Waals surface area contributed by atoms with Crippen molar-refractivity contribution in [1.82, 2.24) is 0 Å². The number of hydrogen-bond donors (Lipinski definition) is 1. The average Bonchev–Trinajstić information content (AvgIpc) is 2.48. The summed E-state index contributed by atoms with van der Waals surface area (Å²) in [5.41, 5.74) is 3.98. The molecule has 3 nitrogen and oxygen atoms in total. The van der Waals surface area contributed by atoms with Crippen LogP contribution in [0.2, 0.25) is 0 Å². The Kier molecular flexibility index (Phi) is 4.99. The van der Waals surface area contributed by atoms with Crippen molar-refractivity contribution >= 4 is 11.7 Å². The van der Waals surface area contributed by atoms with Crippen LogP contribution < -0.4 is 5.32 Å². The number of rotatable bonds is 5. The molecule has 1 atom stereocenters. The molecule has 0 aromatic heterocycles. The van der Waals surface area contributed by atoms with Gasteiger partial charge in [0.25, 0.3) is 0 Å². The molecule has 2 rings (SSSR count). The maximum atomic E-state index is 11.8. The smallest absolute Gasteiger partial charge is 0.338 e. The highest BCUT2D eigenvalue weighted by Crippen LogP contribution is 2.22. The van der Waals surface area contributed by atoms with Gasteiger partial charge in [0.2, 0.25) is 0 Å². The number of hydrogen-bond acceptors (Lipinski definition) is 3. The first-order valence-corrected chi connectivity index (χ1v) is 7.21. The van der Waals surface area contributed by atoms with Crippen molar-refractivity contribution in [3.8, 4) is 0 Å². The number of aryl methyl sites for hydroxylation is 1. The van der Waals surface area contributed by atoms with Gasteiger partial charge in [-0.05, 0) is 50.1 Å². The molecule has 0 bridgehead atoms. The molecule has 0 aliphatic heterocycles. The van der Waals surface area contributed by atoms with Crippen LogP contribution in [0.4, 0.5) is 5.69 Å². The van der Waals surface area contributed by atoms with E-state index in [0.717, 1.165) is 5.69 Å². The molecule has 3 heteroatoms. The molecule has 0 fully saturated rings. The zero-order valence-electron chi connectivity index (χ0n) is 12.7. The zero-order chi connectivity index (χ0) is 15.2. The number of esters is 1. The first kappa shape index (κ1) is 15.1. The highest BCUT2D eigenvalue weighted by molar-refractivity contribution is 5.90. The van der Waals surface area contributed by atoms with Crippen molar-refractivity contribution in [1.29, 1.82) is 0 Å². The van der Waals surface area contributed by atoms with Crippen LogP contribution in [0.25, 0.3) is 0 Å². The monoisotopic (exact) mass is 283 g/mol. The molecular formula is C18H21NO2. The molecule has 0 amide bonds. The number of carbonyl (C=O) groups excluding carboxylic acids is 1. The Morgan fingerprint density at radius 2 is 1.95 bits per heavy atom. The third-order valence-corrected chi connectivity index (χ3v) is 3.41. The van der Waals surface area contributed by atoms with Gasteiger partial charge in [-0.3, -0.25) is 0 Å². The second kappa shape index (κ2) is 6.93. The Morgan fingerprint density at radius 1 is 1.19 bits per heavy atom. The van der Waals surface area contributed by atoms with Crippen LogP contribution in [-0.2, 0) is 4.74 Å². The first-order valence-electron chi connectivity index (χ1n) is 7.21. The van der Waals surface area contributed by atoms with Crippen LogP contribution >= 0.6 is 0 Å². The molecule has 2 aromatic rings. The second-order valence-electron chi connectivity index (χ2n) is 5.02. The maximum Gasteiger partial charge on any atom is 0.338 e. The van der Waals surface area contributed by atoms with Gasteiger partial charge in [-0.2, -0.15) is 0 Å². The van der Waals surface area contributed by atoms with Crippen LogP contribution in [0.5, 0.6) is 0 Å². The lowest BCUT2D eigenvalue weighted by molar-refractivity contribution is 0.0526. The quantitative estimate of drug-likeness (QED) is 0.829. The van der Waals surface area contributed by atoms with Crippen molar-refractivity contribution < 1.29 is 9.53 Å².